The van der Waals surface area contributed by atoms with Crippen LogP contribution in [0.2, 0.25) is 5.02 Å². The number of benzene rings is 4. The maximum absolute atomic E-state index is 13.5. The van der Waals surface area contributed by atoms with Crippen molar-refractivity contribution in [1.82, 2.24) is 9.66 Å². The zero-order chi connectivity index (χ0) is 25.8. The van der Waals surface area contributed by atoms with Crippen molar-refractivity contribution < 1.29 is 13.9 Å². The number of para-hydroxylation sites is 1. The van der Waals surface area contributed by atoms with Crippen molar-refractivity contribution in [1.29, 1.82) is 0 Å². The van der Waals surface area contributed by atoms with E-state index < -0.39 is 0 Å². The third kappa shape index (κ3) is 5.22. The van der Waals surface area contributed by atoms with Crippen LogP contribution in [0.4, 0.5) is 4.39 Å². The number of halogens is 2. The molecular formula is C29H21ClFN3O3. The number of hydrogen-bond acceptors (Lipinski definition) is 5. The molecule has 0 aliphatic rings. The molecule has 37 heavy (non-hydrogen) atoms. The van der Waals surface area contributed by atoms with Gasteiger partial charge in [0.2, 0.25) is 0 Å². The van der Waals surface area contributed by atoms with Crippen molar-refractivity contribution in [3.8, 4) is 22.9 Å². The van der Waals surface area contributed by atoms with E-state index in [-0.39, 0.29) is 18.0 Å². The molecule has 0 radical (unpaired) electrons. The zero-order valence-electron chi connectivity index (χ0n) is 19.8. The van der Waals surface area contributed by atoms with Gasteiger partial charge in [0.1, 0.15) is 12.4 Å². The molecule has 5 rings (SSSR count). The monoisotopic (exact) mass is 513 g/mol. The standard InChI is InChI=1S/C29H21ClFN3O3/c1-36-26-16-22(30)15-21(27(26)37-18-19-11-13-23(31)14-12-19)17-32-34-28(20-7-3-2-4-8-20)33-25-10-6-5-9-24(25)29(34)35/h2-17H,18H2,1H3. The molecule has 0 atom stereocenters. The lowest BCUT2D eigenvalue weighted by atomic mass is 10.2. The van der Waals surface area contributed by atoms with Gasteiger partial charge in [-0.1, -0.05) is 66.2 Å². The predicted octanol–water partition coefficient (Wildman–Crippen LogP) is 6.33. The van der Waals surface area contributed by atoms with Crippen LogP contribution in [-0.2, 0) is 6.61 Å². The van der Waals surface area contributed by atoms with Gasteiger partial charge in [0.15, 0.2) is 17.3 Å². The van der Waals surface area contributed by atoms with Gasteiger partial charge in [0.25, 0.3) is 5.56 Å². The van der Waals surface area contributed by atoms with Gasteiger partial charge in [-0.15, -0.1) is 0 Å². The quantitative estimate of drug-likeness (QED) is 0.239. The molecule has 0 aliphatic carbocycles. The van der Waals surface area contributed by atoms with Crippen LogP contribution in [0.5, 0.6) is 11.5 Å². The van der Waals surface area contributed by atoms with E-state index in [4.69, 9.17) is 26.1 Å². The number of aromatic nitrogens is 2. The predicted molar refractivity (Wildman–Crippen MR) is 143 cm³/mol. The summed E-state index contributed by atoms with van der Waals surface area (Å²) in [6, 6.07) is 25.8. The second-order valence-corrected chi connectivity index (χ2v) is 8.56. The Kier molecular flexibility index (Phi) is 6.96. The van der Waals surface area contributed by atoms with E-state index in [1.54, 1.807) is 42.5 Å². The second-order valence-electron chi connectivity index (χ2n) is 8.12. The highest BCUT2D eigenvalue weighted by atomic mass is 35.5. The highest BCUT2D eigenvalue weighted by Gasteiger charge is 2.15. The summed E-state index contributed by atoms with van der Waals surface area (Å²) in [6.07, 6.45) is 1.48. The Hall–Kier alpha value is -4.49. The first kappa shape index (κ1) is 24.2. The van der Waals surface area contributed by atoms with Crippen LogP contribution in [0.25, 0.3) is 22.3 Å². The summed E-state index contributed by atoms with van der Waals surface area (Å²) in [5.74, 6) is 0.832. The fourth-order valence-corrected chi connectivity index (χ4v) is 4.07. The summed E-state index contributed by atoms with van der Waals surface area (Å²) in [5.41, 5.74) is 2.25. The van der Waals surface area contributed by atoms with Gasteiger partial charge in [-0.25, -0.2) is 9.37 Å². The Morgan fingerprint density at radius 3 is 2.49 bits per heavy atom. The Balaban J connectivity index is 1.60. The normalized spacial score (nSPS) is 11.2. The molecular weight excluding hydrogens is 493 g/mol. The van der Waals surface area contributed by atoms with Crippen molar-refractivity contribution in [3.63, 3.8) is 0 Å². The van der Waals surface area contributed by atoms with Crippen LogP contribution in [0.1, 0.15) is 11.1 Å². The van der Waals surface area contributed by atoms with Gasteiger partial charge in [0.05, 0.1) is 24.2 Å². The number of methoxy groups -OCH3 is 1. The number of rotatable bonds is 7. The van der Waals surface area contributed by atoms with E-state index in [9.17, 15) is 9.18 Å². The van der Waals surface area contributed by atoms with Gasteiger partial charge in [0, 0.05) is 22.2 Å². The minimum atomic E-state index is -0.329. The zero-order valence-corrected chi connectivity index (χ0v) is 20.5. The molecule has 184 valence electrons. The molecule has 0 fully saturated rings. The van der Waals surface area contributed by atoms with Gasteiger partial charge < -0.3 is 9.47 Å². The molecule has 0 amide bonds. The molecule has 5 aromatic rings. The van der Waals surface area contributed by atoms with Gasteiger partial charge in [-0.3, -0.25) is 4.79 Å². The molecule has 0 N–H and O–H groups in total. The Bertz CT molecular complexity index is 1650. The van der Waals surface area contributed by atoms with Crippen LogP contribution in [0, 0.1) is 5.82 Å². The first-order valence-corrected chi connectivity index (χ1v) is 11.8. The fourth-order valence-electron chi connectivity index (χ4n) is 3.85. The second kappa shape index (κ2) is 10.6. The van der Waals surface area contributed by atoms with Crippen molar-refractivity contribution in [2.45, 2.75) is 6.61 Å². The highest BCUT2D eigenvalue weighted by molar-refractivity contribution is 6.31. The lowest BCUT2D eigenvalue weighted by Gasteiger charge is -2.14. The van der Waals surface area contributed by atoms with Crippen molar-refractivity contribution in [2.24, 2.45) is 5.10 Å². The molecule has 0 saturated carbocycles. The molecule has 0 spiro atoms. The third-order valence-corrected chi connectivity index (χ3v) is 5.88. The molecule has 6 nitrogen and oxygen atoms in total. The van der Waals surface area contributed by atoms with Crippen LogP contribution >= 0.6 is 11.6 Å². The molecule has 8 heteroatoms. The average molecular weight is 514 g/mol. The molecule has 4 aromatic carbocycles. The van der Waals surface area contributed by atoms with E-state index >= 15 is 0 Å². The highest BCUT2D eigenvalue weighted by Crippen LogP contribution is 2.34. The smallest absolute Gasteiger partial charge is 0.282 e. The Morgan fingerprint density at radius 1 is 1.00 bits per heavy atom. The third-order valence-electron chi connectivity index (χ3n) is 5.66. The first-order valence-electron chi connectivity index (χ1n) is 11.4. The van der Waals surface area contributed by atoms with E-state index in [0.717, 1.165) is 11.1 Å². The van der Waals surface area contributed by atoms with E-state index in [0.29, 0.717) is 38.8 Å². The van der Waals surface area contributed by atoms with Crippen molar-refractivity contribution in [2.75, 3.05) is 7.11 Å². The molecule has 1 aromatic heterocycles. The van der Waals surface area contributed by atoms with Crippen LogP contribution in [0.15, 0.2) is 101 Å². The van der Waals surface area contributed by atoms with E-state index in [2.05, 4.69) is 5.10 Å². The number of nitrogens with zero attached hydrogens (tertiary/aromatic N) is 3. The van der Waals surface area contributed by atoms with Crippen LogP contribution < -0.4 is 15.0 Å². The average Bonchev–Trinajstić information content (AvgIpc) is 2.93. The van der Waals surface area contributed by atoms with Gasteiger partial charge in [-0.2, -0.15) is 9.78 Å². The summed E-state index contributed by atoms with van der Waals surface area (Å²) in [6.45, 7) is 0.159. The Labute approximate surface area is 217 Å². The molecule has 1 heterocycles. The number of fused-ring (bicyclic) bond motifs is 1. The summed E-state index contributed by atoms with van der Waals surface area (Å²) in [4.78, 5) is 18.2. The summed E-state index contributed by atoms with van der Waals surface area (Å²) in [7, 11) is 1.50. The molecule has 0 unspecified atom stereocenters. The minimum absolute atomic E-state index is 0.159. The molecule has 0 bridgehead atoms. The SMILES string of the molecule is COc1cc(Cl)cc(C=Nn2c(-c3ccccc3)nc3ccccc3c2=O)c1OCc1ccc(F)cc1. The van der Waals surface area contributed by atoms with Crippen LogP contribution in [-0.4, -0.2) is 23.0 Å². The Morgan fingerprint density at radius 2 is 1.73 bits per heavy atom. The molecule has 0 saturated heterocycles. The lowest BCUT2D eigenvalue weighted by molar-refractivity contribution is 0.284. The van der Waals surface area contributed by atoms with Crippen molar-refractivity contribution in [3.05, 3.63) is 123 Å². The van der Waals surface area contributed by atoms with E-state index in [1.807, 2.05) is 36.4 Å². The molecule has 0 aliphatic heterocycles. The van der Waals surface area contributed by atoms with Gasteiger partial charge in [-0.05, 0) is 35.9 Å². The number of hydrogen-bond donors (Lipinski definition) is 0. The first-order chi connectivity index (χ1) is 18.0. The largest absolute Gasteiger partial charge is 0.493 e. The van der Waals surface area contributed by atoms with Crippen LogP contribution in [0.3, 0.4) is 0 Å². The lowest BCUT2D eigenvalue weighted by Crippen LogP contribution is -2.20. The topological polar surface area (TPSA) is 65.7 Å². The summed E-state index contributed by atoms with van der Waals surface area (Å²) >= 11 is 6.33. The maximum Gasteiger partial charge on any atom is 0.282 e. The minimum Gasteiger partial charge on any atom is -0.493 e. The summed E-state index contributed by atoms with van der Waals surface area (Å²) in [5, 5.41) is 5.36. The number of ether oxygens (including phenoxy) is 2. The van der Waals surface area contributed by atoms with Crippen molar-refractivity contribution >= 4 is 28.7 Å². The summed E-state index contributed by atoms with van der Waals surface area (Å²) < 4.78 is 26.1. The van der Waals surface area contributed by atoms with Gasteiger partial charge >= 0.3 is 0 Å². The fraction of sp³-hybridized carbons (Fsp3) is 0.0690. The van der Waals surface area contributed by atoms with E-state index in [1.165, 1.54) is 30.1 Å². The maximum atomic E-state index is 13.5.